The fourth-order valence-electron chi connectivity index (χ4n) is 2.67. The highest BCUT2D eigenvalue weighted by Crippen LogP contribution is 2.24. The molecule has 0 aliphatic heterocycles. The molecule has 1 atom stereocenters. The first kappa shape index (κ1) is 14.8. The molecular weight excluding hydrogens is 242 g/mol. The Morgan fingerprint density at radius 1 is 0.950 bits per heavy atom. The van der Waals surface area contributed by atoms with Gasteiger partial charge >= 0.3 is 0 Å². The third kappa shape index (κ3) is 3.49. The summed E-state index contributed by atoms with van der Waals surface area (Å²) < 4.78 is 0. The highest BCUT2D eigenvalue weighted by atomic mass is 14.9. The summed E-state index contributed by atoms with van der Waals surface area (Å²) in [6.07, 6.45) is 2.24. The zero-order chi connectivity index (χ0) is 14.5. The van der Waals surface area contributed by atoms with E-state index >= 15 is 0 Å². The van der Waals surface area contributed by atoms with Crippen LogP contribution in [0.5, 0.6) is 0 Å². The summed E-state index contributed by atoms with van der Waals surface area (Å²) in [5, 5.41) is 3.47. The van der Waals surface area contributed by atoms with Crippen molar-refractivity contribution in [1.29, 1.82) is 0 Å². The fraction of sp³-hybridized carbons (Fsp3) is 0.368. The van der Waals surface area contributed by atoms with E-state index in [4.69, 9.17) is 0 Å². The molecule has 0 heterocycles. The van der Waals surface area contributed by atoms with E-state index in [2.05, 4.69) is 75.6 Å². The Morgan fingerprint density at radius 2 is 1.65 bits per heavy atom. The minimum absolute atomic E-state index is 0.427. The highest BCUT2D eigenvalue weighted by molar-refractivity contribution is 5.35. The molecule has 1 unspecified atom stereocenters. The lowest BCUT2D eigenvalue weighted by atomic mass is 9.93. The molecule has 0 aromatic heterocycles. The van der Waals surface area contributed by atoms with Gasteiger partial charge in [0.25, 0.3) is 0 Å². The van der Waals surface area contributed by atoms with Crippen LogP contribution >= 0.6 is 0 Å². The molecular formula is C19H25N. The van der Waals surface area contributed by atoms with Crippen LogP contribution in [0.4, 0.5) is 0 Å². The lowest BCUT2D eigenvalue weighted by Gasteiger charge is -2.20. The molecule has 1 heteroatoms. The van der Waals surface area contributed by atoms with Crippen LogP contribution < -0.4 is 5.32 Å². The first-order valence-electron chi connectivity index (χ1n) is 7.40. The second-order valence-corrected chi connectivity index (χ2v) is 5.65. The van der Waals surface area contributed by atoms with Crippen LogP contribution in [0.3, 0.4) is 0 Å². The van der Waals surface area contributed by atoms with E-state index in [9.17, 15) is 0 Å². The minimum atomic E-state index is 0.427. The Labute approximate surface area is 123 Å². The third-order valence-electron chi connectivity index (χ3n) is 4.21. The summed E-state index contributed by atoms with van der Waals surface area (Å²) >= 11 is 0. The second-order valence-electron chi connectivity index (χ2n) is 5.65. The van der Waals surface area contributed by atoms with E-state index in [-0.39, 0.29) is 0 Å². The smallest absolute Gasteiger partial charge is 0.0323 e. The van der Waals surface area contributed by atoms with Gasteiger partial charge in [-0.05, 0) is 62.9 Å². The number of benzene rings is 2. The van der Waals surface area contributed by atoms with Crippen molar-refractivity contribution in [3.8, 4) is 0 Å². The Balaban J connectivity index is 2.09. The Hall–Kier alpha value is -1.60. The predicted molar refractivity (Wildman–Crippen MR) is 87.2 cm³/mol. The molecule has 1 nitrogen and oxygen atoms in total. The van der Waals surface area contributed by atoms with E-state index in [1.165, 1.54) is 27.8 Å². The minimum Gasteiger partial charge on any atom is -0.313 e. The van der Waals surface area contributed by atoms with Crippen LogP contribution in [-0.2, 0) is 6.42 Å². The zero-order valence-corrected chi connectivity index (χ0v) is 13.0. The van der Waals surface area contributed by atoms with Crippen LogP contribution in [0.1, 0.15) is 40.3 Å². The largest absolute Gasteiger partial charge is 0.313 e. The number of hydrogen-bond donors (Lipinski definition) is 1. The lowest BCUT2D eigenvalue weighted by molar-refractivity contribution is 0.546. The van der Waals surface area contributed by atoms with Crippen LogP contribution in [0, 0.1) is 20.8 Å². The molecule has 1 N–H and O–H groups in total. The maximum absolute atomic E-state index is 3.47. The summed E-state index contributed by atoms with van der Waals surface area (Å²) in [7, 11) is 2.06. The summed E-state index contributed by atoms with van der Waals surface area (Å²) in [6.45, 7) is 6.54. The molecule has 106 valence electrons. The van der Waals surface area contributed by atoms with E-state index in [1.54, 1.807) is 0 Å². The zero-order valence-electron chi connectivity index (χ0n) is 13.0. The molecule has 0 aliphatic carbocycles. The van der Waals surface area contributed by atoms with Crippen LogP contribution in [-0.4, -0.2) is 7.05 Å². The van der Waals surface area contributed by atoms with Gasteiger partial charge in [-0.25, -0.2) is 0 Å². The average Bonchev–Trinajstić information content (AvgIpc) is 2.45. The molecule has 2 aromatic carbocycles. The maximum atomic E-state index is 3.47. The maximum Gasteiger partial charge on any atom is 0.0323 e. The van der Waals surface area contributed by atoms with Crippen molar-refractivity contribution in [1.82, 2.24) is 5.32 Å². The summed E-state index contributed by atoms with van der Waals surface area (Å²) in [5.74, 6) is 0. The van der Waals surface area contributed by atoms with E-state index < -0.39 is 0 Å². The van der Waals surface area contributed by atoms with Gasteiger partial charge in [-0.2, -0.15) is 0 Å². The summed E-state index contributed by atoms with van der Waals surface area (Å²) in [5.41, 5.74) is 6.96. The number of rotatable bonds is 5. The van der Waals surface area contributed by atoms with Gasteiger partial charge in [-0.3, -0.25) is 0 Å². The fourth-order valence-corrected chi connectivity index (χ4v) is 2.67. The Morgan fingerprint density at radius 3 is 2.30 bits per heavy atom. The molecule has 0 bridgehead atoms. The van der Waals surface area contributed by atoms with Crippen molar-refractivity contribution in [2.45, 2.75) is 39.7 Å². The van der Waals surface area contributed by atoms with Gasteiger partial charge in [0.2, 0.25) is 0 Å². The van der Waals surface area contributed by atoms with Gasteiger partial charge in [-0.1, -0.05) is 48.0 Å². The van der Waals surface area contributed by atoms with Crippen molar-refractivity contribution in [3.63, 3.8) is 0 Å². The summed E-state index contributed by atoms with van der Waals surface area (Å²) in [4.78, 5) is 0. The molecule has 2 rings (SSSR count). The molecule has 0 fully saturated rings. The van der Waals surface area contributed by atoms with Crippen LogP contribution in [0.2, 0.25) is 0 Å². The average molecular weight is 267 g/mol. The SMILES string of the molecule is CNC(CCc1ccc(C)cc1)c1cccc(C)c1C. The Kier molecular flexibility index (Phi) is 4.97. The first-order valence-corrected chi connectivity index (χ1v) is 7.40. The Bertz CT molecular complexity index is 554. The van der Waals surface area contributed by atoms with E-state index in [0.29, 0.717) is 6.04 Å². The second kappa shape index (κ2) is 6.71. The van der Waals surface area contributed by atoms with Crippen molar-refractivity contribution < 1.29 is 0 Å². The lowest BCUT2D eigenvalue weighted by Crippen LogP contribution is -2.18. The highest BCUT2D eigenvalue weighted by Gasteiger charge is 2.12. The molecule has 20 heavy (non-hydrogen) atoms. The number of hydrogen-bond acceptors (Lipinski definition) is 1. The first-order chi connectivity index (χ1) is 9.61. The van der Waals surface area contributed by atoms with Crippen molar-refractivity contribution in [2.24, 2.45) is 0 Å². The van der Waals surface area contributed by atoms with Crippen LogP contribution in [0.15, 0.2) is 42.5 Å². The van der Waals surface area contributed by atoms with Gasteiger partial charge < -0.3 is 5.32 Å². The van der Waals surface area contributed by atoms with Crippen molar-refractivity contribution in [2.75, 3.05) is 7.05 Å². The predicted octanol–water partition coefficient (Wildman–Crippen LogP) is 4.51. The topological polar surface area (TPSA) is 12.0 Å². The molecule has 0 spiro atoms. The third-order valence-corrected chi connectivity index (χ3v) is 4.21. The molecule has 0 radical (unpaired) electrons. The normalized spacial score (nSPS) is 12.4. The van der Waals surface area contributed by atoms with Crippen molar-refractivity contribution >= 4 is 0 Å². The van der Waals surface area contributed by atoms with Gasteiger partial charge in [0.15, 0.2) is 0 Å². The van der Waals surface area contributed by atoms with Gasteiger partial charge in [0.1, 0.15) is 0 Å². The van der Waals surface area contributed by atoms with Crippen LogP contribution in [0.25, 0.3) is 0 Å². The molecule has 0 saturated heterocycles. The number of nitrogens with one attached hydrogen (secondary N) is 1. The number of aryl methyl sites for hydroxylation is 3. The van der Waals surface area contributed by atoms with Gasteiger partial charge in [-0.15, -0.1) is 0 Å². The molecule has 0 saturated carbocycles. The standard InChI is InChI=1S/C19H25N/c1-14-8-10-17(11-9-14)12-13-19(20-4)18-7-5-6-15(2)16(18)3/h5-11,19-20H,12-13H2,1-4H3. The van der Waals surface area contributed by atoms with Gasteiger partial charge in [0.05, 0.1) is 0 Å². The monoisotopic (exact) mass is 267 g/mol. The molecule has 0 amide bonds. The van der Waals surface area contributed by atoms with Crippen molar-refractivity contribution in [3.05, 3.63) is 70.3 Å². The quantitative estimate of drug-likeness (QED) is 0.840. The molecule has 2 aromatic rings. The van der Waals surface area contributed by atoms with E-state index in [0.717, 1.165) is 12.8 Å². The molecule has 0 aliphatic rings. The van der Waals surface area contributed by atoms with E-state index in [1.807, 2.05) is 0 Å². The van der Waals surface area contributed by atoms with Gasteiger partial charge in [0, 0.05) is 6.04 Å². The summed E-state index contributed by atoms with van der Waals surface area (Å²) in [6, 6.07) is 15.9.